The number of hydrogen-bond donors (Lipinski definition) is 0. The van der Waals surface area contributed by atoms with Gasteiger partial charge in [-0.05, 0) is 43.4 Å². The largest absolute Gasteiger partial charge is 0.250 e. The predicted molar refractivity (Wildman–Crippen MR) is 63.4 cm³/mol. The van der Waals surface area contributed by atoms with Crippen LogP contribution in [0.25, 0.3) is 0 Å². The number of fused-ring (bicyclic) bond motifs is 1. The Balaban J connectivity index is 1.77. The minimum Gasteiger partial charge on any atom is -0.250 e. The number of aromatic nitrogens is 3. The molecule has 0 spiro atoms. The van der Waals surface area contributed by atoms with Crippen LogP contribution in [0.4, 0.5) is 0 Å². The fraction of sp³-hybridized carbons (Fsp3) is 0.833. The van der Waals surface area contributed by atoms with Crippen molar-refractivity contribution in [3.8, 4) is 0 Å². The van der Waals surface area contributed by atoms with E-state index in [4.69, 9.17) is 11.6 Å². The van der Waals surface area contributed by atoms with E-state index in [9.17, 15) is 0 Å². The number of alkyl halides is 1. The molecule has 0 N–H and O–H groups in total. The minimum atomic E-state index is 0.315. The number of hydrogen-bond acceptors (Lipinski definition) is 2. The van der Waals surface area contributed by atoms with Gasteiger partial charge in [0.05, 0.1) is 0 Å². The Bertz CT molecular complexity index is 377. The normalized spacial score (nSPS) is 36.4. The van der Waals surface area contributed by atoms with E-state index >= 15 is 0 Å². The first-order chi connectivity index (χ1) is 7.76. The Morgan fingerprint density at radius 2 is 2.25 bits per heavy atom. The second kappa shape index (κ2) is 3.73. The quantitative estimate of drug-likeness (QED) is 0.756. The van der Waals surface area contributed by atoms with E-state index in [1.165, 1.54) is 19.3 Å². The van der Waals surface area contributed by atoms with Crippen molar-refractivity contribution in [1.29, 1.82) is 0 Å². The zero-order valence-electron chi connectivity index (χ0n) is 9.69. The van der Waals surface area contributed by atoms with E-state index < -0.39 is 0 Å². The van der Waals surface area contributed by atoms with Crippen LogP contribution in [0, 0.1) is 17.3 Å². The first-order valence-electron chi connectivity index (χ1n) is 6.19. The third-order valence-corrected chi connectivity index (χ3v) is 4.84. The van der Waals surface area contributed by atoms with Gasteiger partial charge in [-0.2, -0.15) is 5.10 Å². The van der Waals surface area contributed by atoms with Crippen LogP contribution in [0.15, 0.2) is 6.33 Å². The summed E-state index contributed by atoms with van der Waals surface area (Å²) in [6.45, 7) is 3.01. The summed E-state index contributed by atoms with van der Waals surface area (Å²) in [5, 5.41) is 4.23. The second-order valence-electron chi connectivity index (χ2n) is 5.47. The zero-order chi connectivity index (χ0) is 11.2. The lowest BCUT2D eigenvalue weighted by atomic mass is 9.81. The van der Waals surface area contributed by atoms with Crippen molar-refractivity contribution in [2.24, 2.45) is 17.3 Å². The molecular formula is C12H18ClN3. The standard InChI is InChI=1S/C12H18ClN3/c1-2-16-11(14-8-15-16)6-12(7-13)4-9-3-10(9)5-12/h8-10H,2-7H2,1H3. The van der Waals surface area contributed by atoms with E-state index in [1.54, 1.807) is 6.33 Å². The highest BCUT2D eigenvalue weighted by Gasteiger charge is 2.53. The van der Waals surface area contributed by atoms with Crippen LogP contribution in [-0.4, -0.2) is 20.6 Å². The molecule has 0 amide bonds. The maximum atomic E-state index is 6.21. The van der Waals surface area contributed by atoms with E-state index in [1.807, 2.05) is 4.68 Å². The number of rotatable bonds is 4. The summed E-state index contributed by atoms with van der Waals surface area (Å²) >= 11 is 6.21. The summed E-state index contributed by atoms with van der Waals surface area (Å²) in [6, 6.07) is 0. The van der Waals surface area contributed by atoms with E-state index in [2.05, 4.69) is 17.0 Å². The Morgan fingerprint density at radius 3 is 2.88 bits per heavy atom. The lowest BCUT2D eigenvalue weighted by Gasteiger charge is -2.27. The van der Waals surface area contributed by atoms with Crippen molar-refractivity contribution < 1.29 is 0 Å². The monoisotopic (exact) mass is 239 g/mol. The van der Waals surface area contributed by atoms with Crippen molar-refractivity contribution >= 4 is 11.6 Å². The molecular weight excluding hydrogens is 222 g/mol. The second-order valence-corrected chi connectivity index (χ2v) is 5.73. The van der Waals surface area contributed by atoms with Crippen molar-refractivity contribution in [2.45, 2.75) is 39.2 Å². The van der Waals surface area contributed by atoms with Gasteiger partial charge in [-0.1, -0.05) is 0 Å². The fourth-order valence-electron chi connectivity index (χ4n) is 3.33. The molecule has 2 aliphatic carbocycles. The molecule has 1 heterocycles. The van der Waals surface area contributed by atoms with Gasteiger partial charge in [0.1, 0.15) is 12.2 Å². The third kappa shape index (κ3) is 1.65. The molecule has 1 aromatic heterocycles. The highest BCUT2D eigenvalue weighted by atomic mass is 35.5. The third-order valence-electron chi connectivity index (χ3n) is 4.27. The van der Waals surface area contributed by atoms with Crippen LogP contribution in [-0.2, 0) is 13.0 Å². The number of nitrogens with zero attached hydrogens (tertiary/aromatic N) is 3. The highest BCUT2D eigenvalue weighted by Crippen LogP contribution is 2.61. The van der Waals surface area contributed by atoms with Gasteiger partial charge < -0.3 is 0 Å². The van der Waals surface area contributed by atoms with E-state index in [0.29, 0.717) is 5.41 Å². The van der Waals surface area contributed by atoms with Gasteiger partial charge in [-0.25, -0.2) is 4.98 Å². The number of halogens is 1. The molecule has 0 aromatic carbocycles. The minimum absolute atomic E-state index is 0.315. The van der Waals surface area contributed by atoms with Gasteiger partial charge in [-0.3, -0.25) is 4.68 Å². The maximum Gasteiger partial charge on any atom is 0.138 e. The first-order valence-corrected chi connectivity index (χ1v) is 6.72. The molecule has 2 saturated carbocycles. The maximum absolute atomic E-state index is 6.21. The molecule has 2 fully saturated rings. The Labute approximate surface area is 101 Å². The van der Waals surface area contributed by atoms with Gasteiger partial charge in [0.25, 0.3) is 0 Å². The van der Waals surface area contributed by atoms with E-state index in [-0.39, 0.29) is 0 Å². The first kappa shape index (κ1) is 10.6. The SMILES string of the molecule is CCn1ncnc1CC1(CCl)CC2CC2C1. The molecule has 2 aliphatic rings. The van der Waals surface area contributed by atoms with Gasteiger partial charge >= 0.3 is 0 Å². The van der Waals surface area contributed by atoms with Gasteiger partial charge in [0, 0.05) is 18.8 Å². The summed E-state index contributed by atoms with van der Waals surface area (Å²) in [5.41, 5.74) is 0.315. The van der Waals surface area contributed by atoms with Gasteiger partial charge in [0.15, 0.2) is 0 Å². The highest BCUT2D eigenvalue weighted by molar-refractivity contribution is 6.18. The Hall–Kier alpha value is -0.570. The zero-order valence-corrected chi connectivity index (χ0v) is 10.5. The lowest BCUT2D eigenvalue weighted by molar-refractivity contribution is 0.291. The summed E-state index contributed by atoms with van der Waals surface area (Å²) in [6.07, 6.45) is 6.72. The summed E-state index contributed by atoms with van der Waals surface area (Å²) in [7, 11) is 0. The van der Waals surface area contributed by atoms with Crippen LogP contribution in [0.2, 0.25) is 0 Å². The summed E-state index contributed by atoms with van der Waals surface area (Å²) in [5.74, 6) is 3.83. The van der Waals surface area contributed by atoms with Crippen LogP contribution >= 0.6 is 11.6 Å². The van der Waals surface area contributed by atoms with Crippen LogP contribution in [0.5, 0.6) is 0 Å². The van der Waals surface area contributed by atoms with Crippen LogP contribution in [0.3, 0.4) is 0 Å². The molecule has 3 nitrogen and oxygen atoms in total. The topological polar surface area (TPSA) is 30.7 Å². The Morgan fingerprint density at radius 1 is 1.50 bits per heavy atom. The molecule has 3 rings (SSSR count). The molecule has 1 aromatic rings. The number of aryl methyl sites for hydroxylation is 1. The van der Waals surface area contributed by atoms with Crippen molar-refractivity contribution in [1.82, 2.24) is 14.8 Å². The molecule has 0 radical (unpaired) electrons. The summed E-state index contributed by atoms with van der Waals surface area (Å²) < 4.78 is 2.00. The van der Waals surface area contributed by atoms with Crippen molar-refractivity contribution in [3.63, 3.8) is 0 Å². The fourth-order valence-corrected chi connectivity index (χ4v) is 3.64. The van der Waals surface area contributed by atoms with Crippen LogP contribution < -0.4 is 0 Å². The molecule has 2 unspecified atom stereocenters. The summed E-state index contributed by atoms with van der Waals surface area (Å²) in [4.78, 5) is 4.38. The van der Waals surface area contributed by atoms with E-state index in [0.717, 1.165) is 36.5 Å². The lowest BCUT2D eigenvalue weighted by Crippen LogP contribution is -2.26. The van der Waals surface area contributed by atoms with Crippen molar-refractivity contribution in [2.75, 3.05) is 5.88 Å². The molecule has 2 atom stereocenters. The van der Waals surface area contributed by atoms with Crippen molar-refractivity contribution in [3.05, 3.63) is 12.2 Å². The molecule has 0 saturated heterocycles. The molecule has 4 heteroatoms. The van der Waals surface area contributed by atoms with Gasteiger partial charge in [0.2, 0.25) is 0 Å². The predicted octanol–water partition coefficient (Wildman–Crippen LogP) is 2.50. The molecule has 16 heavy (non-hydrogen) atoms. The smallest absolute Gasteiger partial charge is 0.138 e. The van der Waals surface area contributed by atoms with Gasteiger partial charge in [-0.15, -0.1) is 11.6 Å². The molecule has 0 aliphatic heterocycles. The average molecular weight is 240 g/mol. The molecule has 88 valence electrons. The molecule has 0 bridgehead atoms. The Kier molecular flexibility index (Phi) is 2.46. The average Bonchev–Trinajstić information content (AvgIpc) is 2.76. The van der Waals surface area contributed by atoms with Crippen LogP contribution in [0.1, 0.15) is 32.0 Å².